The second kappa shape index (κ2) is 5.24. The van der Waals surface area contributed by atoms with Gasteiger partial charge in [-0.05, 0) is 18.2 Å². The van der Waals surface area contributed by atoms with E-state index in [9.17, 15) is 17.6 Å². The van der Waals surface area contributed by atoms with Gasteiger partial charge in [0.25, 0.3) is 0 Å². The summed E-state index contributed by atoms with van der Waals surface area (Å²) in [6, 6.07) is 3.99. The Morgan fingerprint density at radius 3 is 2.64 bits per heavy atom. The number of rotatable bonds is 3. The number of fused-ring (bicyclic) bond motifs is 1. The third-order valence-corrected chi connectivity index (χ3v) is 2.85. The topological polar surface area (TPSA) is 55.6 Å². The fourth-order valence-corrected chi connectivity index (χ4v) is 1.98. The van der Waals surface area contributed by atoms with Gasteiger partial charge in [-0.15, -0.1) is 0 Å². The van der Waals surface area contributed by atoms with E-state index in [1.54, 1.807) is 0 Å². The van der Waals surface area contributed by atoms with E-state index in [0.29, 0.717) is 5.39 Å². The lowest BCUT2D eigenvalue weighted by molar-refractivity contribution is -0.141. The molecule has 0 aliphatic rings. The zero-order valence-corrected chi connectivity index (χ0v) is 11.0. The summed E-state index contributed by atoms with van der Waals surface area (Å²) in [5.74, 6) is -0.0741. The Morgan fingerprint density at radius 2 is 1.95 bits per heavy atom. The Balaban J connectivity index is 2.00. The summed E-state index contributed by atoms with van der Waals surface area (Å²) in [6.45, 7) is -1.22. The van der Waals surface area contributed by atoms with Crippen molar-refractivity contribution in [3.63, 3.8) is 0 Å². The van der Waals surface area contributed by atoms with E-state index in [2.05, 4.69) is 20.4 Å². The fraction of sp³-hybridized carbons (Fsp3) is 0.154. The molecule has 0 radical (unpaired) electrons. The van der Waals surface area contributed by atoms with Gasteiger partial charge in [0, 0.05) is 12.4 Å². The Bertz CT molecular complexity index is 794. The van der Waals surface area contributed by atoms with Gasteiger partial charge in [0.1, 0.15) is 18.2 Å². The number of hydrogen-bond acceptors (Lipinski definition) is 4. The molecule has 0 aliphatic heterocycles. The minimum absolute atomic E-state index is 0.173. The molecular weight excluding hydrogens is 302 g/mol. The van der Waals surface area contributed by atoms with Crippen LogP contribution in [0.4, 0.5) is 29.2 Å². The molecule has 9 heteroatoms. The predicted octanol–water partition coefficient (Wildman–Crippen LogP) is 3.27. The standard InChI is InChI=1S/C13H9F4N5/c14-8-1-2-11(19-5-8)20-12-9-6-18-4-3-10(9)22(21-12)7-13(15,16)17/h1-6H,7H2,(H,19,20,21). The molecule has 0 saturated heterocycles. The maximum absolute atomic E-state index is 12.8. The number of alkyl halides is 3. The van der Waals surface area contributed by atoms with Gasteiger partial charge in [0.15, 0.2) is 5.82 Å². The van der Waals surface area contributed by atoms with E-state index in [0.717, 1.165) is 10.9 Å². The highest BCUT2D eigenvalue weighted by Crippen LogP contribution is 2.27. The maximum Gasteiger partial charge on any atom is 0.408 e. The van der Waals surface area contributed by atoms with E-state index in [4.69, 9.17) is 0 Å². The second-order valence-electron chi connectivity index (χ2n) is 4.50. The molecular formula is C13H9F4N5. The summed E-state index contributed by atoms with van der Waals surface area (Å²) >= 11 is 0. The number of pyridine rings is 2. The first-order chi connectivity index (χ1) is 10.4. The molecule has 0 saturated carbocycles. The zero-order valence-electron chi connectivity index (χ0n) is 11.0. The molecule has 0 fully saturated rings. The largest absolute Gasteiger partial charge is 0.408 e. The number of aromatic nitrogens is 4. The Morgan fingerprint density at radius 1 is 1.14 bits per heavy atom. The minimum atomic E-state index is -4.40. The van der Waals surface area contributed by atoms with Crippen molar-refractivity contribution < 1.29 is 17.6 Å². The van der Waals surface area contributed by atoms with Crippen LogP contribution in [0.25, 0.3) is 10.9 Å². The van der Waals surface area contributed by atoms with E-state index in [-0.39, 0.29) is 17.2 Å². The van der Waals surface area contributed by atoms with Gasteiger partial charge in [-0.2, -0.15) is 18.3 Å². The van der Waals surface area contributed by atoms with Gasteiger partial charge in [-0.1, -0.05) is 0 Å². The first-order valence-electron chi connectivity index (χ1n) is 6.18. The number of halogens is 4. The maximum atomic E-state index is 12.8. The summed E-state index contributed by atoms with van der Waals surface area (Å²) in [7, 11) is 0. The van der Waals surface area contributed by atoms with Crippen LogP contribution >= 0.6 is 0 Å². The Labute approximate surface area is 121 Å². The monoisotopic (exact) mass is 311 g/mol. The van der Waals surface area contributed by atoms with Gasteiger partial charge in [-0.3, -0.25) is 9.67 Å². The van der Waals surface area contributed by atoms with Crippen LogP contribution in [0.15, 0.2) is 36.8 Å². The fourth-order valence-electron chi connectivity index (χ4n) is 1.98. The first kappa shape index (κ1) is 14.2. The van der Waals surface area contributed by atoms with Crippen molar-refractivity contribution in [3.05, 3.63) is 42.6 Å². The average molecular weight is 311 g/mol. The average Bonchev–Trinajstić information content (AvgIpc) is 2.78. The molecule has 1 N–H and O–H groups in total. The van der Waals surface area contributed by atoms with Gasteiger partial charge >= 0.3 is 6.18 Å². The van der Waals surface area contributed by atoms with Crippen LogP contribution in [0.2, 0.25) is 0 Å². The molecule has 3 heterocycles. The highest BCUT2D eigenvalue weighted by Gasteiger charge is 2.29. The molecule has 0 atom stereocenters. The summed E-state index contributed by atoms with van der Waals surface area (Å²) in [5, 5.41) is 7.08. The van der Waals surface area contributed by atoms with Crippen LogP contribution in [-0.2, 0) is 6.54 Å². The lowest BCUT2D eigenvalue weighted by atomic mass is 10.3. The van der Waals surface area contributed by atoms with Crippen LogP contribution in [0.3, 0.4) is 0 Å². The van der Waals surface area contributed by atoms with Crippen LogP contribution in [0.1, 0.15) is 0 Å². The zero-order chi connectivity index (χ0) is 15.7. The van der Waals surface area contributed by atoms with E-state index in [1.807, 2.05) is 0 Å². The van der Waals surface area contributed by atoms with Gasteiger partial charge in [0.05, 0.1) is 17.1 Å². The smallest absolute Gasteiger partial charge is 0.323 e. The first-order valence-corrected chi connectivity index (χ1v) is 6.18. The van der Waals surface area contributed by atoms with E-state index < -0.39 is 18.5 Å². The van der Waals surface area contributed by atoms with Crippen LogP contribution in [0.5, 0.6) is 0 Å². The van der Waals surface area contributed by atoms with Gasteiger partial charge < -0.3 is 5.32 Å². The van der Waals surface area contributed by atoms with Crippen molar-refractivity contribution >= 4 is 22.5 Å². The minimum Gasteiger partial charge on any atom is -0.323 e. The van der Waals surface area contributed by atoms with Crippen LogP contribution in [-0.4, -0.2) is 25.9 Å². The molecule has 22 heavy (non-hydrogen) atoms. The van der Waals surface area contributed by atoms with Crippen molar-refractivity contribution in [2.45, 2.75) is 12.7 Å². The van der Waals surface area contributed by atoms with Gasteiger partial charge in [-0.25, -0.2) is 9.37 Å². The second-order valence-corrected chi connectivity index (χ2v) is 4.50. The third kappa shape index (κ3) is 2.97. The predicted molar refractivity (Wildman–Crippen MR) is 71.1 cm³/mol. The highest BCUT2D eigenvalue weighted by atomic mass is 19.4. The van der Waals surface area contributed by atoms with Crippen LogP contribution in [0, 0.1) is 5.82 Å². The lowest BCUT2D eigenvalue weighted by Gasteiger charge is -2.06. The summed E-state index contributed by atoms with van der Waals surface area (Å²) in [5.41, 5.74) is 0.289. The van der Waals surface area contributed by atoms with E-state index >= 15 is 0 Å². The highest BCUT2D eigenvalue weighted by molar-refractivity contribution is 5.90. The summed E-state index contributed by atoms with van der Waals surface area (Å²) < 4.78 is 51.5. The molecule has 5 nitrogen and oxygen atoms in total. The quantitative estimate of drug-likeness (QED) is 0.754. The molecule has 0 amide bonds. The van der Waals surface area contributed by atoms with Gasteiger partial charge in [0.2, 0.25) is 0 Å². The molecule has 3 rings (SSSR count). The normalized spacial score (nSPS) is 11.8. The Hall–Kier alpha value is -2.71. The third-order valence-electron chi connectivity index (χ3n) is 2.85. The van der Waals surface area contributed by atoms with Crippen molar-refractivity contribution in [1.82, 2.24) is 19.7 Å². The molecule has 3 aromatic heterocycles. The molecule has 0 spiro atoms. The molecule has 114 valence electrons. The van der Waals surface area contributed by atoms with Crippen molar-refractivity contribution in [3.8, 4) is 0 Å². The van der Waals surface area contributed by atoms with Crippen LogP contribution < -0.4 is 5.32 Å². The summed E-state index contributed by atoms with van der Waals surface area (Å²) in [6.07, 6.45) is -0.610. The molecule has 0 bridgehead atoms. The lowest BCUT2D eigenvalue weighted by Crippen LogP contribution is -2.18. The number of nitrogens with one attached hydrogen (secondary N) is 1. The van der Waals surface area contributed by atoms with Crippen molar-refractivity contribution in [1.29, 1.82) is 0 Å². The molecule has 0 unspecified atom stereocenters. The molecule has 3 aromatic rings. The van der Waals surface area contributed by atoms with E-state index in [1.165, 1.54) is 30.6 Å². The number of hydrogen-bond donors (Lipinski definition) is 1. The van der Waals surface area contributed by atoms with Crippen molar-refractivity contribution in [2.75, 3.05) is 5.32 Å². The SMILES string of the molecule is Fc1ccc(Nc2nn(CC(F)(F)F)c3ccncc23)nc1. The van der Waals surface area contributed by atoms with Crippen molar-refractivity contribution in [2.24, 2.45) is 0 Å². The molecule has 0 aromatic carbocycles. The molecule has 0 aliphatic carbocycles. The number of anilines is 2. The number of nitrogens with zero attached hydrogens (tertiary/aromatic N) is 4. The summed E-state index contributed by atoms with van der Waals surface area (Å²) in [4.78, 5) is 7.67. The Kier molecular flexibility index (Phi) is 3.39.